The van der Waals surface area contributed by atoms with Crippen molar-refractivity contribution >= 4 is 23.4 Å². The van der Waals surface area contributed by atoms with E-state index in [-0.39, 0.29) is 0 Å². The number of rotatable bonds is 1. The summed E-state index contributed by atoms with van der Waals surface area (Å²) in [5.74, 6) is 4.66. The second-order valence-corrected chi connectivity index (χ2v) is 7.17. The lowest BCUT2D eigenvalue weighted by molar-refractivity contribution is 0.250. The Bertz CT molecular complexity index is 230. The normalized spacial score (nSPS) is 47.0. The standard InChI is InChI=1S/C12H20ClNS/c13-11-2-1-9-6-14(7-10(9)5-11)12-3-4-15-8-12/h9-12H,1-8H2. The zero-order valence-corrected chi connectivity index (χ0v) is 10.8. The summed E-state index contributed by atoms with van der Waals surface area (Å²) in [6.45, 7) is 2.72. The summed E-state index contributed by atoms with van der Waals surface area (Å²) in [5, 5.41) is 0.476. The molecule has 0 spiro atoms. The third-order valence-corrected chi connectivity index (χ3v) is 5.98. The molecule has 2 aliphatic heterocycles. The lowest BCUT2D eigenvalue weighted by Gasteiger charge is -2.27. The molecule has 0 radical (unpaired) electrons. The third kappa shape index (κ3) is 2.18. The van der Waals surface area contributed by atoms with Gasteiger partial charge in [0.05, 0.1) is 0 Å². The predicted octanol–water partition coefficient (Wildman–Crippen LogP) is 2.83. The molecule has 2 saturated heterocycles. The van der Waals surface area contributed by atoms with Crippen LogP contribution in [0.15, 0.2) is 0 Å². The van der Waals surface area contributed by atoms with Crippen LogP contribution >= 0.6 is 23.4 Å². The van der Waals surface area contributed by atoms with Gasteiger partial charge in [0, 0.05) is 30.3 Å². The summed E-state index contributed by atoms with van der Waals surface area (Å²) in [5.41, 5.74) is 0. The number of nitrogens with zero attached hydrogens (tertiary/aromatic N) is 1. The Morgan fingerprint density at radius 3 is 2.73 bits per heavy atom. The van der Waals surface area contributed by atoms with Crippen LogP contribution in [0.25, 0.3) is 0 Å². The van der Waals surface area contributed by atoms with E-state index in [1.165, 1.54) is 50.3 Å². The van der Waals surface area contributed by atoms with Gasteiger partial charge in [-0.15, -0.1) is 11.6 Å². The van der Waals surface area contributed by atoms with Gasteiger partial charge in [0.25, 0.3) is 0 Å². The molecule has 1 aliphatic carbocycles. The van der Waals surface area contributed by atoms with Gasteiger partial charge in [0.15, 0.2) is 0 Å². The average Bonchev–Trinajstić information content (AvgIpc) is 2.84. The number of hydrogen-bond acceptors (Lipinski definition) is 2. The minimum Gasteiger partial charge on any atom is -0.299 e. The van der Waals surface area contributed by atoms with Crippen molar-refractivity contribution in [2.24, 2.45) is 11.8 Å². The van der Waals surface area contributed by atoms with E-state index in [4.69, 9.17) is 11.6 Å². The van der Waals surface area contributed by atoms with E-state index in [0.717, 1.165) is 17.9 Å². The Hall–Kier alpha value is 0.600. The predicted molar refractivity (Wildman–Crippen MR) is 67.8 cm³/mol. The first-order valence-corrected chi connectivity index (χ1v) is 7.88. The van der Waals surface area contributed by atoms with Crippen molar-refractivity contribution in [2.75, 3.05) is 24.6 Å². The number of likely N-dealkylation sites (tertiary alicyclic amines) is 1. The van der Waals surface area contributed by atoms with E-state index in [0.29, 0.717) is 5.38 Å². The molecule has 2 heterocycles. The Kier molecular flexibility index (Phi) is 3.19. The fraction of sp³-hybridized carbons (Fsp3) is 1.00. The van der Waals surface area contributed by atoms with Crippen molar-refractivity contribution < 1.29 is 0 Å². The topological polar surface area (TPSA) is 3.24 Å². The Morgan fingerprint density at radius 2 is 1.93 bits per heavy atom. The molecule has 86 valence electrons. The molecular formula is C12H20ClNS. The molecule has 15 heavy (non-hydrogen) atoms. The molecule has 0 aromatic carbocycles. The minimum atomic E-state index is 0.476. The summed E-state index contributed by atoms with van der Waals surface area (Å²) in [4.78, 5) is 2.77. The molecule has 3 fully saturated rings. The van der Waals surface area contributed by atoms with Crippen LogP contribution in [0.4, 0.5) is 0 Å². The van der Waals surface area contributed by atoms with Crippen molar-refractivity contribution in [3.8, 4) is 0 Å². The van der Waals surface area contributed by atoms with Crippen molar-refractivity contribution in [1.82, 2.24) is 4.90 Å². The van der Waals surface area contributed by atoms with Crippen LogP contribution in [0, 0.1) is 11.8 Å². The maximum atomic E-state index is 6.27. The summed E-state index contributed by atoms with van der Waals surface area (Å²) in [7, 11) is 0. The number of halogens is 1. The second kappa shape index (κ2) is 4.46. The highest BCUT2D eigenvalue weighted by Gasteiger charge is 2.39. The van der Waals surface area contributed by atoms with Gasteiger partial charge < -0.3 is 0 Å². The number of fused-ring (bicyclic) bond motifs is 1. The fourth-order valence-corrected chi connectivity index (χ4v) is 5.13. The summed E-state index contributed by atoms with van der Waals surface area (Å²) >= 11 is 8.40. The number of alkyl halides is 1. The largest absolute Gasteiger partial charge is 0.299 e. The maximum Gasteiger partial charge on any atom is 0.0339 e. The van der Waals surface area contributed by atoms with Crippen LogP contribution < -0.4 is 0 Å². The van der Waals surface area contributed by atoms with Crippen molar-refractivity contribution in [3.63, 3.8) is 0 Å². The van der Waals surface area contributed by atoms with E-state index in [1.807, 2.05) is 0 Å². The van der Waals surface area contributed by atoms with E-state index >= 15 is 0 Å². The van der Waals surface area contributed by atoms with Crippen LogP contribution in [-0.4, -0.2) is 40.9 Å². The molecule has 0 amide bonds. The molecule has 1 saturated carbocycles. The number of thioether (sulfide) groups is 1. The third-order valence-electron chi connectivity index (χ3n) is 4.44. The smallest absolute Gasteiger partial charge is 0.0339 e. The monoisotopic (exact) mass is 245 g/mol. The zero-order chi connectivity index (χ0) is 10.3. The van der Waals surface area contributed by atoms with Crippen LogP contribution in [0.3, 0.4) is 0 Å². The minimum absolute atomic E-state index is 0.476. The molecule has 0 aromatic heterocycles. The summed E-state index contributed by atoms with van der Waals surface area (Å²) < 4.78 is 0. The number of hydrogen-bond donors (Lipinski definition) is 0. The Balaban J connectivity index is 1.61. The SMILES string of the molecule is ClC1CCC2CN(C3CCSC3)CC2C1. The van der Waals surface area contributed by atoms with Crippen LogP contribution in [0.2, 0.25) is 0 Å². The van der Waals surface area contributed by atoms with E-state index in [2.05, 4.69) is 16.7 Å². The van der Waals surface area contributed by atoms with Gasteiger partial charge >= 0.3 is 0 Å². The van der Waals surface area contributed by atoms with Crippen molar-refractivity contribution in [1.29, 1.82) is 0 Å². The highest BCUT2D eigenvalue weighted by atomic mass is 35.5. The first-order chi connectivity index (χ1) is 7.33. The van der Waals surface area contributed by atoms with Crippen LogP contribution in [0.1, 0.15) is 25.7 Å². The molecule has 4 unspecified atom stereocenters. The Labute approximate surface area is 102 Å². The van der Waals surface area contributed by atoms with Crippen molar-refractivity contribution in [2.45, 2.75) is 37.1 Å². The maximum absolute atomic E-state index is 6.27. The van der Waals surface area contributed by atoms with Gasteiger partial charge in [0.1, 0.15) is 0 Å². The highest BCUT2D eigenvalue weighted by Crippen LogP contribution is 2.40. The van der Waals surface area contributed by atoms with Gasteiger partial charge in [-0.3, -0.25) is 4.90 Å². The van der Waals surface area contributed by atoms with Gasteiger partial charge in [-0.2, -0.15) is 11.8 Å². The average molecular weight is 246 g/mol. The van der Waals surface area contributed by atoms with Gasteiger partial charge in [-0.1, -0.05) is 0 Å². The lowest BCUT2D eigenvalue weighted by Crippen LogP contribution is -2.33. The molecule has 3 heteroatoms. The van der Waals surface area contributed by atoms with Gasteiger partial charge in [-0.05, 0) is 43.3 Å². The molecule has 3 rings (SSSR count). The van der Waals surface area contributed by atoms with Crippen molar-refractivity contribution in [3.05, 3.63) is 0 Å². The van der Waals surface area contributed by atoms with E-state index in [9.17, 15) is 0 Å². The lowest BCUT2D eigenvalue weighted by atomic mass is 9.82. The Morgan fingerprint density at radius 1 is 1.07 bits per heavy atom. The van der Waals surface area contributed by atoms with Gasteiger partial charge in [0.2, 0.25) is 0 Å². The molecule has 4 atom stereocenters. The highest BCUT2D eigenvalue weighted by molar-refractivity contribution is 7.99. The molecule has 0 N–H and O–H groups in total. The van der Waals surface area contributed by atoms with Crippen LogP contribution in [-0.2, 0) is 0 Å². The quantitative estimate of drug-likeness (QED) is 0.654. The molecular weight excluding hydrogens is 226 g/mol. The van der Waals surface area contributed by atoms with Gasteiger partial charge in [-0.25, -0.2) is 0 Å². The molecule has 1 nitrogen and oxygen atoms in total. The summed E-state index contributed by atoms with van der Waals surface area (Å²) in [6, 6.07) is 0.898. The first kappa shape index (κ1) is 10.7. The molecule has 0 aromatic rings. The van der Waals surface area contributed by atoms with E-state index in [1.54, 1.807) is 0 Å². The molecule has 3 aliphatic rings. The zero-order valence-electron chi connectivity index (χ0n) is 9.20. The molecule has 0 bridgehead atoms. The van der Waals surface area contributed by atoms with Crippen LogP contribution in [0.5, 0.6) is 0 Å². The second-order valence-electron chi connectivity index (χ2n) is 5.40. The fourth-order valence-electron chi connectivity index (χ4n) is 3.52. The van der Waals surface area contributed by atoms with E-state index < -0.39 is 0 Å². The summed E-state index contributed by atoms with van der Waals surface area (Å²) in [6.07, 6.45) is 5.35. The first-order valence-electron chi connectivity index (χ1n) is 6.29.